The number of carbonyl (C=O) groups excluding carboxylic acids is 4. The zero-order valence-corrected chi connectivity index (χ0v) is 16.2. The van der Waals surface area contributed by atoms with Crippen LogP contribution in [0.2, 0.25) is 0 Å². The second kappa shape index (κ2) is 7.29. The van der Waals surface area contributed by atoms with Crippen LogP contribution in [0.3, 0.4) is 0 Å². The lowest BCUT2D eigenvalue weighted by molar-refractivity contribution is -0.131. The van der Waals surface area contributed by atoms with Gasteiger partial charge in [0, 0.05) is 11.3 Å². The third-order valence-corrected chi connectivity index (χ3v) is 5.82. The van der Waals surface area contributed by atoms with Gasteiger partial charge >= 0.3 is 6.03 Å². The molecule has 3 amide bonds. The van der Waals surface area contributed by atoms with Crippen molar-refractivity contribution in [3.05, 3.63) is 22.5 Å². The van der Waals surface area contributed by atoms with Crippen molar-refractivity contribution >= 4 is 23.5 Å². The first-order valence-corrected chi connectivity index (χ1v) is 9.64. The van der Waals surface area contributed by atoms with Gasteiger partial charge in [-0.1, -0.05) is 32.1 Å². The van der Waals surface area contributed by atoms with Crippen molar-refractivity contribution in [2.75, 3.05) is 6.54 Å². The molecular formula is C20H27N3O4. The molecule has 146 valence electrons. The maximum absolute atomic E-state index is 13.0. The SMILES string of the molecule is CC(=O)c1c(C)[nH]c(C(=O)CN2C(=O)NC3(CCCCCCC3)C2=O)c1C. The number of hydrogen-bond acceptors (Lipinski definition) is 4. The average Bonchev–Trinajstić information content (AvgIpc) is 3.00. The number of amides is 3. The largest absolute Gasteiger partial charge is 0.355 e. The van der Waals surface area contributed by atoms with Crippen molar-refractivity contribution < 1.29 is 19.2 Å². The lowest BCUT2D eigenvalue weighted by Crippen LogP contribution is -2.47. The number of ketones is 2. The highest BCUT2D eigenvalue weighted by molar-refractivity contribution is 6.11. The van der Waals surface area contributed by atoms with Gasteiger partial charge in [0.1, 0.15) is 5.54 Å². The number of H-pyrrole nitrogens is 1. The maximum atomic E-state index is 13.0. The minimum absolute atomic E-state index is 0.122. The zero-order chi connectivity index (χ0) is 19.8. The third kappa shape index (κ3) is 3.42. The molecule has 2 fully saturated rings. The van der Waals surface area contributed by atoms with Crippen LogP contribution in [0.1, 0.15) is 84.0 Å². The summed E-state index contributed by atoms with van der Waals surface area (Å²) in [5.74, 6) is -0.784. The Labute approximate surface area is 158 Å². The molecule has 1 aliphatic carbocycles. The molecule has 1 aromatic heterocycles. The van der Waals surface area contributed by atoms with E-state index in [1.165, 1.54) is 6.92 Å². The molecule has 1 aromatic rings. The van der Waals surface area contributed by atoms with Crippen LogP contribution in [0.5, 0.6) is 0 Å². The van der Waals surface area contributed by atoms with Crippen LogP contribution in [0.15, 0.2) is 0 Å². The molecule has 0 atom stereocenters. The van der Waals surface area contributed by atoms with Crippen LogP contribution in [0.4, 0.5) is 4.79 Å². The highest BCUT2D eigenvalue weighted by Gasteiger charge is 2.50. The van der Waals surface area contributed by atoms with Gasteiger partial charge in [-0.2, -0.15) is 0 Å². The Bertz CT molecular complexity index is 800. The Morgan fingerprint density at radius 2 is 1.63 bits per heavy atom. The highest BCUT2D eigenvalue weighted by atomic mass is 16.2. The summed E-state index contributed by atoms with van der Waals surface area (Å²) in [6, 6.07) is -0.498. The monoisotopic (exact) mass is 373 g/mol. The van der Waals surface area contributed by atoms with E-state index in [0.717, 1.165) is 37.0 Å². The number of aromatic amines is 1. The molecule has 0 bridgehead atoms. The van der Waals surface area contributed by atoms with Gasteiger partial charge in [-0.3, -0.25) is 19.3 Å². The van der Waals surface area contributed by atoms with Crippen molar-refractivity contribution in [1.29, 1.82) is 0 Å². The van der Waals surface area contributed by atoms with Crippen molar-refractivity contribution in [2.24, 2.45) is 0 Å². The minimum atomic E-state index is -0.858. The fourth-order valence-corrected chi connectivity index (χ4v) is 4.45. The predicted octanol–water partition coefficient (Wildman–Crippen LogP) is 3.05. The number of urea groups is 1. The molecule has 1 saturated heterocycles. The van der Waals surface area contributed by atoms with Crippen LogP contribution < -0.4 is 5.32 Å². The van der Waals surface area contributed by atoms with Crippen molar-refractivity contribution in [3.8, 4) is 0 Å². The molecule has 2 heterocycles. The molecule has 2 N–H and O–H groups in total. The van der Waals surface area contributed by atoms with Gasteiger partial charge in [0.2, 0.25) is 0 Å². The first kappa shape index (κ1) is 19.3. The molecule has 1 spiro atoms. The number of aromatic nitrogens is 1. The van der Waals surface area contributed by atoms with E-state index in [0.29, 0.717) is 29.7 Å². The standard InChI is InChI=1S/C20H27N3O4/c1-12-16(14(3)24)13(2)21-17(12)15(25)11-23-18(26)20(22-19(23)27)9-7-5-4-6-8-10-20/h21H,4-11H2,1-3H3,(H,22,27). The first-order chi connectivity index (χ1) is 12.8. The third-order valence-electron chi connectivity index (χ3n) is 5.82. The topological polar surface area (TPSA) is 99.3 Å². The molecule has 27 heavy (non-hydrogen) atoms. The zero-order valence-electron chi connectivity index (χ0n) is 16.2. The predicted molar refractivity (Wildman–Crippen MR) is 99.9 cm³/mol. The van der Waals surface area contributed by atoms with Gasteiger partial charge in [-0.15, -0.1) is 0 Å². The summed E-state index contributed by atoms with van der Waals surface area (Å²) in [5, 5.41) is 2.86. The maximum Gasteiger partial charge on any atom is 0.325 e. The Morgan fingerprint density at radius 1 is 1.04 bits per heavy atom. The normalized spacial score (nSPS) is 19.7. The summed E-state index contributed by atoms with van der Waals surface area (Å²) < 4.78 is 0. The molecule has 1 aliphatic heterocycles. The Kier molecular flexibility index (Phi) is 5.22. The van der Waals surface area contributed by atoms with Gasteiger partial charge in [0.15, 0.2) is 11.6 Å². The van der Waals surface area contributed by atoms with Gasteiger partial charge < -0.3 is 10.3 Å². The Morgan fingerprint density at radius 3 is 2.19 bits per heavy atom. The molecular weight excluding hydrogens is 346 g/mol. The summed E-state index contributed by atoms with van der Waals surface area (Å²) >= 11 is 0. The van der Waals surface area contributed by atoms with Crippen LogP contribution in [0, 0.1) is 13.8 Å². The van der Waals surface area contributed by atoms with Crippen LogP contribution >= 0.6 is 0 Å². The smallest absolute Gasteiger partial charge is 0.325 e. The Hall–Kier alpha value is -2.44. The van der Waals surface area contributed by atoms with Gasteiger partial charge in [0.25, 0.3) is 5.91 Å². The van der Waals surface area contributed by atoms with E-state index in [1.807, 2.05) is 0 Å². The first-order valence-electron chi connectivity index (χ1n) is 9.64. The van der Waals surface area contributed by atoms with Gasteiger partial charge in [0.05, 0.1) is 12.2 Å². The molecule has 7 heteroatoms. The quantitative estimate of drug-likeness (QED) is 0.626. The number of aryl methyl sites for hydroxylation is 1. The van der Waals surface area contributed by atoms with Crippen molar-refractivity contribution in [1.82, 2.24) is 15.2 Å². The molecule has 1 saturated carbocycles. The number of hydrogen-bond donors (Lipinski definition) is 2. The number of nitrogens with one attached hydrogen (secondary N) is 2. The van der Waals surface area contributed by atoms with Crippen molar-refractivity contribution in [3.63, 3.8) is 0 Å². The number of imide groups is 1. The lowest BCUT2D eigenvalue weighted by atomic mass is 9.84. The summed E-state index contributed by atoms with van der Waals surface area (Å²) in [5.41, 5.74) is 1.11. The minimum Gasteiger partial charge on any atom is -0.355 e. The van der Waals surface area contributed by atoms with Crippen LogP contribution in [-0.2, 0) is 4.79 Å². The second-order valence-corrected chi connectivity index (χ2v) is 7.78. The Balaban J connectivity index is 1.80. The van der Waals surface area contributed by atoms with Crippen LogP contribution in [-0.4, -0.2) is 45.5 Å². The van der Waals surface area contributed by atoms with E-state index in [4.69, 9.17) is 0 Å². The summed E-state index contributed by atoms with van der Waals surface area (Å²) in [4.78, 5) is 54.0. The number of Topliss-reactive ketones (excluding diaryl/α,β-unsaturated/α-hetero) is 2. The van der Waals surface area contributed by atoms with E-state index >= 15 is 0 Å². The number of rotatable bonds is 4. The molecule has 0 unspecified atom stereocenters. The fraction of sp³-hybridized carbons (Fsp3) is 0.600. The van der Waals surface area contributed by atoms with Gasteiger partial charge in [-0.25, -0.2) is 4.79 Å². The number of nitrogens with zero attached hydrogens (tertiary/aromatic N) is 1. The molecule has 3 rings (SSSR count). The van der Waals surface area contributed by atoms with Crippen LogP contribution in [0.25, 0.3) is 0 Å². The molecule has 0 aromatic carbocycles. The summed E-state index contributed by atoms with van der Waals surface area (Å²) in [6.07, 6.45) is 6.30. The van der Waals surface area contributed by atoms with E-state index < -0.39 is 11.6 Å². The molecule has 2 aliphatic rings. The van der Waals surface area contributed by atoms with E-state index in [-0.39, 0.29) is 29.7 Å². The van der Waals surface area contributed by atoms with E-state index in [9.17, 15) is 19.2 Å². The van der Waals surface area contributed by atoms with Crippen molar-refractivity contribution in [2.45, 2.75) is 71.3 Å². The fourth-order valence-electron chi connectivity index (χ4n) is 4.45. The van der Waals surface area contributed by atoms with Gasteiger partial charge in [-0.05, 0) is 39.2 Å². The molecule has 0 radical (unpaired) electrons. The van der Waals surface area contributed by atoms with E-state index in [1.54, 1.807) is 13.8 Å². The number of carbonyl (C=O) groups is 4. The lowest BCUT2D eigenvalue weighted by Gasteiger charge is -2.28. The summed E-state index contributed by atoms with van der Waals surface area (Å²) in [7, 11) is 0. The molecule has 7 nitrogen and oxygen atoms in total. The average molecular weight is 373 g/mol. The highest BCUT2D eigenvalue weighted by Crippen LogP contribution is 2.32. The summed E-state index contributed by atoms with van der Waals surface area (Å²) in [6.45, 7) is 4.57. The van der Waals surface area contributed by atoms with E-state index in [2.05, 4.69) is 10.3 Å². The second-order valence-electron chi connectivity index (χ2n) is 7.78.